The maximum atomic E-state index is 9.88. The summed E-state index contributed by atoms with van der Waals surface area (Å²) in [6.45, 7) is 1.29. The van der Waals surface area contributed by atoms with Crippen LogP contribution in [0, 0.1) is 6.42 Å². The molecule has 0 amide bonds. The zero-order valence-corrected chi connectivity index (χ0v) is 17.2. The molecule has 0 aromatic heterocycles. The molecule has 1 atom stereocenters. The number of rotatable bonds is 12. The second-order valence-corrected chi connectivity index (χ2v) is 6.21. The number of ether oxygens (including phenoxy) is 1. The number of para-hydroxylation sites is 2. The van der Waals surface area contributed by atoms with Crippen molar-refractivity contribution >= 4 is 12.4 Å². The predicted octanol–water partition coefficient (Wildman–Crippen LogP) is 3.00. The van der Waals surface area contributed by atoms with Crippen molar-refractivity contribution in [1.82, 2.24) is 0 Å². The number of nitrogens with zero attached hydrogens (tertiary/aromatic N) is 2. The largest absolute Gasteiger partial charge is 0.507 e. The Hall–Kier alpha value is -2.19. The average Bonchev–Trinajstić information content (AvgIpc) is 2.70. The predicted molar refractivity (Wildman–Crippen MR) is 111 cm³/mol. The number of aliphatic imine (C=N–C) groups is 2. The summed E-state index contributed by atoms with van der Waals surface area (Å²) >= 11 is 0. The first kappa shape index (κ1) is 24.8. The van der Waals surface area contributed by atoms with Crippen LogP contribution in [-0.2, 0) is 21.5 Å². The van der Waals surface area contributed by atoms with E-state index in [0.717, 1.165) is 12.8 Å². The smallest absolute Gasteiger partial charge is 0.124 e. The average molecular weight is 442 g/mol. The molecule has 1 radical (unpaired) electrons. The van der Waals surface area contributed by atoms with Crippen LogP contribution in [-0.4, -0.2) is 60.2 Å². The fourth-order valence-electron chi connectivity index (χ4n) is 2.49. The summed E-state index contributed by atoms with van der Waals surface area (Å²) in [6, 6.07) is 14.0. The van der Waals surface area contributed by atoms with E-state index in [9.17, 15) is 10.2 Å². The van der Waals surface area contributed by atoms with Crippen LogP contribution < -0.4 is 0 Å². The van der Waals surface area contributed by atoms with Gasteiger partial charge in [0.15, 0.2) is 0 Å². The van der Waals surface area contributed by atoms with Gasteiger partial charge in [0.05, 0.1) is 25.8 Å². The van der Waals surface area contributed by atoms with Crippen LogP contribution in [0.3, 0.4) is 0 Å². The maximum absolute atomic E-state index is 9.88. The molecule has 159 valence electrons. The van der Waals surface area contributed by atoms with Crippen LogP contribution >= 0.6 is 0 Å². The van der Waals surface area contributed by atoms with Crippen LogP contribution in [0.2, 0.25) is 0 Å². The van der Waals surface area contributed by atoms with E-state index in [2.05, 4.69) is 9.98 Å². The van der Waals surface area contributed by atoms with E-state index in [0.29, 0.717) is 30.9 Å². The third-order valence-corrected chi connectivity index (χ3v) is 4.02. The minimum atomic E-state index is -0.0733. The first-order chi connectivity index (χ1) is 13.7. The van der Waals surface area contributed by atoms with E-state index in [1.807, 2.05) is 18.6 Å². The van der Waals surface area contributed by atoms with Gasteiger partial charge in [0, 0.05) is 40.3 Å². The van der Waals surface area contributed by atoms with Crippen LogP contribution in [0.1, 0.15) is 24.0 Å². The van der Waals surface area contributed by atoms with Gasteiger partial charge in [0.25, 0.3) is 0 Å². The molecule has 29 heavy (non-hydrogen) atoms. The molecule has 2 rings (SSSR count). The first-order valence-electron chi connectivity index (χ1n) is 9.30. The molecule has 0 heterocycles. The van der Waals surface area contributed by atoms with Crippen LogP contribution in [0.25, 0.3) is 0 Å². The second-order valence-electron chi connectivity index (χ2n) is 6.21. The topological polar surface area (TPSA) is 94.6 Å². The molecule has 0 aliphatic rings. The molecule has 0 spiro atoms. The van der Waals surface area contributed by atoms with Gasteiger partial charge >= 0.3 is 0 Å². The van der Waals surface area contributed by atoms with Crippen molar-refractivity contribution in [2.75, 3.05) is 26.4 Å². The summed E-state index contributed by atoms with van der Waals surface area (Å²) in [6.07, 6.45) is 6.87. The van der Waals surface area contributed by atoms with Gasteiger partial charge in [0.1, 0.15) is 11.5 Å². The molecule has 3 N–H and O–H groups in total. The monoisotopic (exact) mass is 442 g/mol. The van der Waals surface area contributed by atoms with Gasteiger partial charge in [-0.3, -0.25) is 9.98 Å². The van der Waals surface area contributed by atoms with Gasteiger partial charge in [0.2, 0.25) is 0 Å². The van der Waals surface area contributed by atoms with Gasteiger partial charge in [-0.25, -0.2) is 0 Å². The van der Waals surface area contributed by atoms with E-state index in [1.165, 1.54) is 0 Å². The van der Waals surface area contributed by atoms with Crippen molar-refractivity contribution in [2.45, 2.75) is 18.9 Å². The number of aromatic hydroxyl groups is 2. The molecule has 1 unspecified atom stereocenters. The van der Waals surface area contributed by atoms with Crippen LogP contribution in [0.5, 0.6) is 11.5 Å². The second kappa shape index (κ2) is 14.8. The number of hydrogen-bond donors (Lipinski definition) is 3. The molecule has 7 heteroatoms. The normalized spacial score (nSPS) is 12.3. The Bertz CT molecular complexity index is 768. The molecule has 2 aromatic carbocycles. The zero-order chi connectivity index (χ0) is 20.0. The van der Waals surface area contributed by atoms with Crippen molar-refractivity contribution < 1.29 is 36.8 Å². The van der Waals surface area contributed by atoms with Crippen molar-refractivity contribution in [1.29, 1.82) is 0 Å². The van der Waals surface area contributed by atoms with E-state index >= 15 is 0 Å². The van der Waals surface area contributed by atoms with Gasteiger partial charge in [-0.1, -0.05) is 37.3 Å². The Balaban J connectivity index is 0.00000420. The van der Waals surface area contributed by atoms with Crippen LogP contribution in [0.4, 0.5) is 0 Å². The number of phenols is 2. The number of hydrogen-bond acceptors (Lipinski definition) is 6. The fourth-order valence-corrected chi connectivity index (χ4v) is 2.49. The van der Waals surface area contributed by atoms with Crippen molar-refractivity contribution in [3.8, 4) is 11.5 Å². The quantitative estimate of drug-likeness (QED) is 0.268. The summed E-state index contributed by atoms with van der Waals surface area (Å²) < 4.78 is 5.23. The fraction of sp³-hybridized carbons (Fsp3) is 0.318. The Morgan fingerprint density at radius 3 is 2.21 bits per heavy atom. The number of aliphatic hydroxyl groups excluding tert-OH is 1. The number of phenolic OH excluding ortho intramolecular Hbond substituents is 2. The summed E-state index contributed by atoms with van der Waals surface area (Å²) in [7, 11) is 0. The van der Waals surface area contributed by atoms with E-state index in [1.54, 1.807) is 48.8 Å². The summed E-state index contributed by atoms with van der Waals surface area (Å²) in [5, 5.41) is 28.4. The number of unbranched alkanes of at least 4 members (excludes halogenated alkanes) is 1. The molecule has 6 nitrogen and oxygen atoms in total. The summed E-state index contributed by atoms with van der Waals surface area (Å²) in [4.78, 5) is 9.01. The Labute approximate surface area is 182 Å². The first-order valence-corrected chi connectivity index (χ1v) is 9.30. The SMILES string of the molecule is OCCOC[CH-]CCC(CN=Cc1ccccc1O)N=Cc1ccccc1O.[Co]. The number of benzene rings is 2. The van der Waals surface area contributed by atoms with E-state index in [4.69, 9.17) is 9.84 Å². The maximum Gasteiger partial charge on any atom is 0.124 e. The standard InChI is InChI=1S/C22H27N2O4.Co/c25-12-14-28-13-6-5-9-20(24-16-19-8-2-4-11-22(19)27)17-23-15-18-7-1-3-10-21(18)26;/h1-4,6-8,10-11,15-16,20,25-27H,5,9,12-14,17H2;/q-1;. The third kappa shape index (κ3) is 9.71. The van der Waals surface area contributed by atoms with Crippen LogP contribution in [0.15, 0.2) is 58.5 Å². The van der Waals surface area contributed by atoms with Gasteiger partial charge < -0.3 is 26.5 Å². The molecule has 0 saturated carbocycles. The minimum absolute atomic E-state index is 0. The van der Waals surface area contributed by atoms with Crippen molar-refractivity contribution in [2.24, 2.45) is 9.98 Å². The van der Waals surface area contributed by atoms with E-state index < -0.39 is 0 Å². The number of aliphatic hydroxyl groups is 1. The molecule has 0 saturated heterocycles. The van der Waals surface area contributed by atoms with Gasteiger partial charge in [-0.15, -0.1) is 0 Å². The Morgan fingerprint density at radius 2 is 1.59 bits per heavy atom. The van der Waals surface area contributed by atoms with Crippen molar-refractivity contribution in [3.63, 3.8) is 0 Å². The summed E-state index contributed by atoms with van der Waals surface area (Å²) in [5.74, 6) is 0.376. The van der Waals surface area contributed by atoms with Crippen molar-refractivity contribution in [3.05, 3.63) is 66.1 Å². The molecule has 2 aromatic rings. The third-order valence-electron chi connectivity index (χ3n) is 4.02. The Kier molecular flexibility index (Phi) is 12.6. The molecule has 0 aliphatic carbocycles. The molecule has 0 fully saturated rings. The zero-order valence-electron chi connectivity index (χ0n) is 16.1. The molecular formula is C22H27CoN2O4-. The molecule has 0 aliphatic heterocycles. The Morgan fingerprint density at radius 1 is 0.966 bits per heavy atom. The molecule has 0 bridgehead atoms. The summed E-state index contributed by atoms with van der Waals surface area (Å²) in [5.41, 5.74) is 1.32. The molecular weight excluding hydrogens is 415 g/mol. The minimum Gasteiger partial charge on any atom is -0.507 e. The van der Waals surface area contributed by atoms with Gasteiger partial charge in [-0.2, -0.15) is 6.42 Å². The van der Waals surface area contributed by atoms with E-state index in [-0.39, 0.29) is 40.9 Å². The van der Waals surface area contributed by atoms with Gasteiger partial charge in [-0.05, 0) is 24.3 Å².